The average Bonchev–Trinajstić information content (AvgIpc) is 3.98. The topological polar surface area (TPSA) is 225 Å². The molecule has 3 atom stereocenters. The number of ether oxygens (including phenoxy) is 1. The summed E-state index contributed by atoms with van der Waals surface area (Å²) in [5.41, 5.74) is 7.05. The van der Waals surface area contributed by atoms with E-state index in [0.29, 0.717) is 36.6 Å². The molecule has 5 N–H and O–H groups in total. The van der Waals surface area contributed by atoms with Crippen LogP contribution in [0.25, 0.3) is 10.4 Å². The van der Waals surface area contributed by atoms with Gasteiger partial charge in [0.1, 0.15) is 22.9 Å². The number of para-hydroxylation sites is 1. The maximum absolute atomic E-state index is 14.2. The van der Waals surface area contributed by atoms with Gasteiger partial charge in [0.25, 0.3) is 0 Å². The number of nitrogens with zero attached hydrogens (tertiary/aromatic N) is 5. The van der Waals surface area contributed by atoms with Crippen molar-refractivity contribution < 1.29 is 37.4 Å². The van der Waals surface area contributed by atoms with Crippen LogP contribution in [0.3, 0.4) is 0 Å². The van der Waals surface area contributed by atoms with E-state index >= 15 is 0 Å². The predicted molar refractivity (Wildman–Crippen MR) is 293 cm³/mol. The number of amides is 4. The highest BCUT2D eigenvalue weighted by molar-refractivity contribution is 7.92. The number of β-amino-alcohol motifs (C(OH)–C–C–N with tert-alkyl or cyclic N) is 1. The fourth-order valence-electron chi connectivity index (χ4n) is 9.44. The monoisotopic (exact) mass is 1080 g/mol. The van der Waals surface area contributed by atoms with Gasteiger partial charge in [0, 0.05) is 45.4 Å². The van der Waals surface area contributed by atoms with Crippen molar-refractivity contribution in [3.8, 4) is 16.2 Å². The third-order valence-electron chi connectivity index (χ3n) is 13.6. The van der Waals surface area contributed by atoms with Crippen molar-refractivity contribution in [2.45, 2.75) is 148 Å². The molecule has 2 aromatic heterocycles. The third-order valence-corrected chi connectivity index (χ3v) is 17.0. The van der Waals surface area contributed by atoms with Crippen LogP contribution in [0.5, 0.6) is 5.75 Å². The number of aliphatic hydroxyl groups is 1. The van der Waals surface area contributed by atoms with Crippen molar-refractivity contribution in [1.29, 1.82) is 0 Å². The number of rotatable bonds is 19. The minimum absolute atomic E-state index is 0.0314. The van der Waals surface area contributed by atoms with Crippen LogP contribution in [0.15, 0.2) is 77.3 Å². The number of piperidine rings is 1. The number of nitrogens with one attached hydrogen (secondary N) is 4. The van der Waals surface area contributed by atoms with Crippen molar-refractivity contribution in [1.82, 2.24) is 35.4 Å². The van der Waals surface area contributed by atoms with Crippen molar-refractivity contribution >= 4 is 79.5 Å². The number of carbonyl (C=O) groups is 4. The van der Waals surface area contributed by atoms with E-state index in [-0.39, 0.29) is 83.8 Å². The van der Waals surface area contributed by atoms with Gasteiger partial charge in [-0.15, -0.1) is 11.3 Å². The molecule has 0 saturated carbocycles. The lowest BCUT2D eigenvalue weighted by molar-refractivity contribution is -0.144. The molecule has 0 unspecified atom stereocenters. The normalized spacial score (nSPS) is 16.8. The van der Waals surface area contributed by atoms with Crippen LogP contribution in [0, 0.1) is 19.3 Å². The molecule has 0 spiro atoms. The molecule has 2 fully saturated rings. The van der Waals surface area contributed by atoms with Gasteiger partial charge in [-0.3, -0.25) is 19.2 Å². The number of hydrogen-bond donors (Lipinski definition) is 5. The molecule has 2 saturated heterocycles. The van der Waals surface area contributed by atoms with E-state index < -0.39 is 44.6 Å². The standard InChI is InChI=1S/C55H70ClN9O8S2/c1-32(2)73-45-27-40(34(5)25-43(45)61-54-58-29-41(56)51(63-54)60-42-13-10-11-14-46(42)75(71,72)33(3)4)37-21-23-64(24-22-37)48(68)16-12-15-47(67)62-50(55(7,8)9)53(70)65-30-39(66)26-44(65)52(69)57-28-36-17-19-38(20-18-36)49-35(6)59-31-74-49/h10-11,13-14,17-20,25,27,29,31-33,37,39,44,50,66H,12,15-16,21-24,26,28,30H2,1-9H3,(H,57,69)(H,62,67)(H2,58,60,61,63)/t39-,44+,50+/m1/s1. The Labute approximate surface area is 449 Å². The molecule has 2 aliphatic rings. The number of sulfone groups is 1. The molecule has 4 amide bonds. The van der Waals surface area contributed by atoms with Crippen LogP contribution in [0.4, 0.5) is 23.1 Å². The Balaban J connectivity index is 0.911. The molecule has 2 aliphatic heterocycles. The van der Waals surface area contributed by atoms with E-state index in [9.17, 15) is 32.7 Å². The summed E-state index contributed by atoms with van der Waals surface area (Å²) in [5.74, 6) is -0.0582. The van der Waals surface area contributed by atoms with Crippen LogP contribution >= 0.6 is 22.9 Å². The van der Waals surface area contributed by atoms with Crippen molar-refractivity contribution in [3.63, 3.8) is 0 Å². The second-order valence-electron chi connectivity index (χ2n) is 21.1. The van der Waals surface area contributed by atoms with Crippen LogP contribution in [0.2, 0.25) is 5.02 Å². The van der Waals surface area contributed by atoms with Gasteiger partial charge in [-0.05, 0) is 119 Å². The lowest BCUT2D eigenvalue weighted by Crippen LogP contribution is -2.57. The van der Waals surface area contributed by atoms with E-state index in [2.05, 4.69) is 36.2 Å². The molecule has 0 radical (unpaired) electrons. The van der Waals surface area contributed by atoms with E-state index in [1.807, 2.05) is 95.3 Å². The van der Waals surface area contributed by atoms with E-state index in [1.54, 1.807) is 49.4 Å². The number of aryl methyl sites for hydroxylation is 2. The van der Waals surface area contributed by atoms with Crippen LogP contribution in [-0.4, -0.2) is 111 Å². The number of halogens is 1. The first-order valence-electron chi connectivity index (χ1n) is 25.5. The summed E-state index contributed by atoms with van der Waals surface area (Å²) >= 11 is 8.09. The number of carbonyl (C=O) groups excluding carboxylic acids is 4. The van der Waals surface area contributed by atoms with Gasteiger partial charge >= 0.3 is 0 Å². The molecule has 7 rings (SSSR count). The van der Waals surface area contributed by atoms with Crippen molar-refractivity contribution in [3.05, 3.63) is 99.8 Å². The number of likely N-dealkylation sites (tertiary alicyclic amines) is 2. The molecule has 3 aromatic carbocycles. The molecule has 0 aliphatic carbocycles. The smallest absolute Gasteiger partial charge is 0.246 e. The summed E-state index contributed by atoms with van der Waals surface area (Å²) in [5, 5.41) is 22.5. The molecule has 5 aromatic rings. The fraction of sp³-hybridized carbons (Fsp3) is 0.473. The first-order valence-corrected chi connectivity index (χ1v) is 28.3. The van der Waals surface area contributed by atoms with Crippen LogP contribution in [-0.2, 0) is 35.6 Å². The largest absolute Gasteiger partial charge is 0.489 e. The first kappa shape index (κ1) is 56.6. The number of aromatic nitrogens is 3. The van der Waals surface area contributed by atoms with Gasteiger partial charge in [-0.25, -0.2) is 18.4 Å². The summed E-state index contributed by atoms with van der Waals surface area (Å²) in [7, 11) is -3.61. The Hall–Kier alpha value is -6.15. The van der Waals surface area contributed by atoms with E-state index in [0.717, 1.165) is 45.7 Å². The van der Waals surface area contributed by atoms with E-state index in [1.165, 1.54) is 11.1 Å². The molecule has 0 bridgehead atoms. The van der Waals surface area contributed by atoms with Gasteiger partial charge in [-0.1, -0.05) is 68.8 Å². The predicted octanol–water partition coefficient (Wildman–Crippen LogP) is 9.01. The summed E-state index contributed by atoms with van der Waals surface area (Å²) in [6, 6.07) is 16.6. The molecule has 4 heterocycles. The van der Waals surface area contributed by atoms with Crippen LogP contribution in [0.1, 0.15) is 115 Å². The zero-order chi connectivity index (χ0) is 54.4. The van der Waals surface area contributed by atoms with Crippen LogP contribution < -0.4 is 26.0 Å². The molecule has 17 nitrogen and oxygen atoms in total. The Bertz CT molecular complexity index is 2970. The van der Waals surface area contributed by atoms with Gasteiger partial charge in [0.15, 0.2) is 15.7 Å². The zero-order valence-corrected chi connectivity index (χ0v) is 46.6. The van der Waals surface area contributed by atoms with Gasteiger partial charge in [0.2, 0.25) is 29.6 Å². The maximum atomic E-state index is 14.2. The molecular formula is C55H70ClN9O8S2. The second-order valence-corrected chi connectivity index (χ2v) is 24.8. The summed E-state index contributed by atoms with van der Waals surface area (Å²) in [6.07, 6.45) is 2.41. The fourth-order valence-corrected chi connectivity index (χ4v) is 11.6. The molecular weight excluding hydrogens is 1010 g/mol. The third kappa shape index (κ3) is 14.0. The zero-order valence-electron chi connectivity index (χ0n) is 44.2. The van der Waals surface area contributed by atoms with Gasteiger partial charge < -0.3 is 40.9 Å². The lowest BCUT2D eigenvalue weighted by Gasteiger charge is -2.35. The molecule has 75 heavy (non-hydrogen) atoms. The summed E-state index contributed by atoms with van der Waals surface area (Å²) in [6.45, 7) is 17.9. The Kier molecular flexibility index (Phi) is 18.3. The number of hydrogen-bond acceptors (Lipinski definition) is 14. The second kappa shape index (κ2) is 24.2. The SMILES string of the molecule is Cc1cc(Nc2ncc(Cl)c(Nc3ccccc3S(=O)(=O)C(C)C)n2)c(OC(C)C)cc1C1CCN(C(=O)CCCC(=O)N[C@@H](C(=O)N2C[C@H](O)C[C@H]2C(=O)NCc2ccc(-c3scnc3C)cc2)C(C)(C)C)CC1. The highest BCUT2D eigenvalue weighted by atomic mass is 35.5. The number of aliphatic hydroxyl groups excluding tert-OH is 1. The quantitative estimate of drug-likeness (QED) is 0.0521. The summed E-state index contributed by atoms with van der Waals surface area (Å²) in [4.78, 5) is 72.5. The number of anilines is 4. The summed E-state index contributed by atoms with van der Waals surface area (Å²) < 4.78 is 32.6. The van der Waals surface area contributed by atoms with E-state index in [4.69, 9.17) is 16.3 Å². The minimum atomic E-state index is -3.61. The van der Waals surface area contributed by atoms with Crippen molar-refractivity contribution in [2.24, 2.45) is 5.41 Å². The van der Waals surface area contributed by atoms with Crippen molar-refractivity contribution in [2.75, 3.05) is 30.3 Å². The number of benzene rings is 3. The minimum Gasteiger partial charge on any atom is -0.489 e. The highest BCUT2D eigenvalue weighted by Crippen LogP contribution is 2.39. The molecule has 20 heteroatoms. The van der Waals surface area contributed by atoms with Gasteiger partial charge in [0.05, 0.1) is 56.0 Å². The highest BCUT2D eigenvalue weighted by Gasteiger charge is 2.44. The Morgan fingerprint density at radius 2 is 1.64 bits per heavy atom. The average molecular weight is 1080 g/mol. The lowest BCUT2D eigenvalue weighted by atomic mass is 9.85. The van der Waals surface area contributed by atoms with Gasteiger partial charge in [-0.2, -0.15) is 4.98 Å². The maximum Gasteiger partial charge on any atom is 0.246 e. The Morgan fingerprint density at radius 3 is 2.29 bits per heavy atom. The molecule has 402 valence electrons. The number of thiazole rings is 1. The first-order chi connectivity index (χ1) is 35.5. The Morgan fingerprint density at radius 1 is 0.933 bits per heavy atom.